The molecule has 13 nitrogen and oxygen atoms in total. The Morgan fingerprint density at radius 3 is 2.24 bits per heavy atom. The number of nitrogens with one attached hydrogen (secondary N) is 1. The van der Waals surface area contributed by atoms with Crippen molar-refractivity contribution in [3.8, 4) is 0 Å². The fourth-order valence-corrected chi connectivity index (χ4v) is 8.03. The molecule has 3 saturated heterocycles. The topological polar surface area (TPSA) is 165 Å². The highest BCUT2D eigenvalue weighted by atomic mass is 16.7. The molecule has 0 radical (unpaired) electrons. The molecule has 12 atom stereocenters. The average Bonchev–Trinajstić information content (AvgIpc) is 3.25. The van der Waals surface area contributed by atoms with Gasteiger partial charge < -0.3 is 44.4 Å². The summed E-state index contributed by atoms with van der Waals surface area (Å²) in [4.78, 5) is 55.1. The molecule has 0 bridgehead atoms. The van der Waals surface area contributed by atoms with Gasteiger partial charge >= 0.3 is 18.2 Å². The Labute approximate surface area is 273 Å². The third-order valence-corrected chi connectivity index (χ3v) is 10.2. The molecule has 2 amide bonds. The number of primary amides is 1. The minimum Gasteiger partial charge on any atom is -0.458 e. The maximum absolute atomic E-state index is 14.1. The number of hydrogen-bond donors (Lipinski definition) is 2. The number of amides is 2. The number of cyclic esters (lactones) is 1. The number of alkyl carbamates (subject to hydrolysis) is 1. The van der Waals surface area contributed by atoms with E-state index in [4.69, 9.17) is 34.2 Å². The fourth-order valence-electron chi connectivity index (χ4n) is 8.03. The second-order valence-electron chi connectivity index (χ2n) is 14.9. The fraction of sp³-hybridized carbons (Fsp3) is 0.879. The Kier molecular flexibility index (Phi) is 11.8. The van der Waals surface area contributed by atoms with Crippen LogP contribution in [-0.4, -0.2) is 104 Å². The molecule has 3 heterocycles. The summed E-state index contributed by atoms with van der Waals surface area (Å²) < 4.78 is 36.8. The zero-order valence-electron chi connectivity index (χ0n) is 29.7. The highest BCUT2D eigenvalue weighted by Gasteiger charge is 2.57. The standard InChI is InChI=1S/C33H57N3O10/c1-13-22-33(9)25(35-30(40)46-33)20(5)23(37)17(2)16-32(8,45-29(34)39)26(18(3)15-31(6,7)28(38)43-22)44-27-24(41-12)21(36(10)11)14-19(4)42-27/h17-22,24-27H,13-16H2,1-12H3,(H2,34,39)(H,35,40)/t17-,18+,19-,20+,21+,22-,24-,25-,26-,27+,32-,33-/m1/s1. The van der Waals surface area contributed by atoms with E-state index in [0.717, 1.165) is 0 Å². The summed E-state index contributed by atoms with van der Waals surface area (Å²) in [5.41, 5.74) is 1.88. The van der Waals surface area contributed by atoms with Gasteiger partial charge in [-0.3, -0.25) is 9.59 Å². The van der Waals surface area contributed by atoms with Crippen LogP contribution in [0.25, 0.3) is 0 Å². The Hall–Kier alpha value is -2.48. The lowest BCUT2D eigenvalue weighted by Gasteiger charge is -2.48. The molecule has 0 aromatic carbocycles. The number of nitrogens with zero attached hydrogens (tertiary/aromatic N) is 1. The van der Waals surface area contributed by atoms with E-state index in [1.54, 1.807) is 48.7 Å². The smallest absolute Gasteiger partial charge is 0.408 e. The lowest BCUT2D eigenvalue weighted by Crippen LogP contribution is -2.60. The molecule has 46 heavy (non-hydrogen) atoms. The normalized spacial score (nSPS) is 42.3. The number of Topliss-reactive ketones (excluding diaryl/α,β-unsaturated/α-hetero) is 1. The number of ketones is 1. The second kappa shape index (κ2) is 14.3. The highest BCUT2D eigenvalue weighted by molar-refractivity contribution is 5.85. The largest absolute Gasteiger partial charge is 0.458 e. The molecule has 0 spiro atoms. The SMILES string of the molecule is CC[C@H]1OC(=O)C(C)(C)C[C@H](C)[C@@H](O[C@@H]2O[C@H](C)C[C@H](N(C)C)[C@H]2OC)[C@](C)(OC(N)=O)C[C@@H](C)C(=O)[C@H](C)[C@H]2NC(=O)O[C@@]21C. The number of rotatable bonds is 6. The van der Waals surface area contributed by atoms with E-state index in [0.29, 0.717) is 12.8 Å². The van der Waals surface area contributed by atoms with Crippen LogP contribution in [-0.2, 0) is 38.0 Å². The lowest BCUT2D eigenvalue weighted by atomic mass is 9.72. The van der Waals surface area contributed by atoms with E-state index in [1.807, 2.05) is 34.9 Å². The van der Waals surface area contributed by atoms with Crippen molar-refractivity contribution in [1.82, 2.24) is 10.2 Å². The summed E-state index contributed by atoms with van der Waals surface area (Å²) in [6.07, 6.45) is -3.58. The minimum absolute atomic E-state index is 0.0345. The van der Waals surface area contributed by atoms with E-state index in [-0.39, 0.29) is 30.8 Å². The molecule has 0 aromatic rings. The molecule has 0 aliphatic carbocycles. The van der Waals surface area contributed by atoms with Gasteiger partial charge in [0.25, 0.3) is 0 Å². The lowest BCUT2D eigenvalue weighted by molar-refractivity contribution is -0.298. The summed E-state index contributed by atoms with van der Waals surface area (Å²) in [6, 6.07) is -0.816. The van der Waals surface area contributed by atoms with Crippen LogP contribution in [0.4, 0.5) is 9.59 Å². The maximum Gasteiger partial charge on any atom is 0.408 e. The first kappa shape index (κ1) is 38.0. The molecule has 3 rings (SSSR count). The van der Waals surface area contributed by atoms with Crippen LogP contribution in [0, 0.1) is 23.2 Å². The van der Waals surface area contributed by atoms with Gasteiger partial charge in [-0.05, 0) is 80.3 Å². The number of ether oxygens (including phenoxy) is 6. The Morgan fingerprint density at radius 2 is 1.70 bits per heavy atom. The van der Waals surface area contributed by atoms with Crippen molar-refractivity contribution in [1.29, 1.82) is 0 Å². The molecular formula is C33H57N3O10. The number of esters is 1. The zero-order chi connectivity index (χ0) is 34.9. The number of likely N-dealkylation sites (N-methyl/N-ethyl adjacent to an activating group) is 1. The van der Waals surface area contributed by atoms with E-state index in [1.165, 1.54) is 0 Å². The summed E-state index contributed by atoms with van der Waals surface area (Å²) in [5.74, 6) is -2.56. The number of methoxy groups -OCH3 is 1. The van der Waals surface area contributed by atoms with Crippen LogP contribution >= 0.6 is 0 Å². The zero-order valence-corrected chi connectivity index (χ0v) is 29.7. The van der Waals surface area contributed by atoms with Crippen LogP contribution in [0.2, 0.25) is 0 Å². The highest BCUT2D eigenvalue weighted by Crippen LogP contribution is 2.43. The summed E-state index contributed by atoms with van der Waals surface area (Å²) in [5, 5.41) is 2.79. The molecule has 3 aliphatic heterocycles. The van der Waals surface area contributed by atoms with Gasteiger partial charge in [-0.1, -0.05) is 27.7 Å². The first-order chi connectivity index (χ1) is 21.2. The molecule has 3 aliphatic rings. The van der Waals surface area contributed by atoms with E-state index in [9.17, 15) is 19.2 Å². The monoisotopic (exact) mass is 655 g/mol. The molecule has 3 N–H and O–H groups in total. The quantitative estimate of drug-likeness (QED) is 0.316. The van der Waals surface area contributed by atoms with E-state index < -0.39 is 83.2 Å². The van der Waals surface area contributed by atoms with Crippen LogP contribution < -0.4 is 11.1 Å². The molecule has 3 fully saturated rings. The Balaban J connectivity index is 2.16. The van der Waals surface area contributed by atoms with Crippen molar-refractivity contribution in [2.24, 2.45) is 28.9 Å². The molecular weight excluding hydrogens is 598 g/mol. The number of nitrogens with two attached hydrogens (primary N) is 1. The van der Waals surface area contributed by atoms with Crippen molar-refractivity contribution < 1.29 is 47.6 Å². The number of hydrogen-bond acceptors (Lipinski definition) is 11. The van der Waals surface area contributed by atoms with Gasteiger partial charge in [0, 0.05) is 25.0 Å². The summed E-state index contributed by atoms with van der Waals surface area (Å²) in [7, 11) is 5.52. The molecule has 264 valence electrons. The third-order valence-electron chi connectivity index (χ3n) is 10.2. The average molecular weight is 656 g/mol. The predicted octanol–water partition coefficient (Wildman–Crippen LogP) is 3.79. The number of carbonyl (C=O) groups excluding carboxylic acids is 4. The maximum atomic E-state index is 14.1. The number of fused-ring (bicyclic) bond motifs is 1. The molecule has 0 unspecified atom stereocenters. The van der Waals surface area contributed by atoms with Gasteiger partial charge in [-0.15, -0.1) is 0 Å². The first-order valence-corrected chi connectivity index (χ1v) is 16.4. The van der Waals surface area contributed by atoms with Gasteiger partial charge in [0.1, 0.15) is 29.7 Å². The Bertz CT molecular complexity index is 1130. The van der Waals surface area contributed by atoms with Crippen LogP contribution in [0.1, 0.15) is 88.0 Å². The van der Waals surface area contributed by atoms with Gasteiger partial charge in [0.05, 0.1) is 17.6 Å². The van der Waals surface area contributed by atoms with Crippen LogP contribution in [0.3, 0.4) is 0 Å². The van der Waals surface area contributed by atoms with Gasteiger partial charge in [0.15, 0.2) is 11.9 Å². The van der Waals surface area contributed by atoms with Crippen molar-refractivity contribution in [2.45, 2.75) is 142 Å². The summed E-state index contributed by atoms with van der Waals surface area (Å²) >= 11 is 0. The Morgan fingerprint density at radius 1 is 1.07 bits per heavy atom. The van der Waals surface area contributed by atoms with Crippen LogP contribution in [0.5, 0.6) is 0 Å². The summed E-state index contributed by atoms with van der Waals surface area (Å²) in [6.45, 7) is 16.1. The second-order valence-corrected chi connectivity index (χ2v) is 14.9. The number of carbonyl (C=O) groups is 4. The van der Waals surface area contributed by atoms with E-state index in [2.05, 4.69) is 10.2 Å². The van der Waals surface area contributed by atoms with Crippen molar-refractivity contribution in [2.75, 3.05) is 21.2 Å². The predicted molar refractivity (Wildman–Crippen MR) is 169 cm³/mol. The van der Waals surface area contributed by atoms with Crippen molar-refractivity contribution in [3.63, 3.8) is 0 Å². The van der Waals surface area contributed by atoms with E-state index >= 15 is 0 Å². The van der Waals surface area contributed by atoms with Gasteiger partial charge in [0.2, 0.25) is 0 Å². The molecule has 0 saturated carbocycles. The minimum atomic E-state index is -1.44. The van der Waals surface area contributed by atoms with Crippen molar-refractivity contribution >= 4 is 23.9 Å². The third kappa shape index (κ3) is 7.79. The van der Waals surface area contributed by atoms with Gasteiger partial charge in [-0.2, -0.15) is 0 Å². The molecule has 13 heteroatoms. The van der Waals surface area contributed by atoms with Crippen LogP contribution in [0.15, 0.2) is 0 Å². The van der Waals surface area contributed by atoms with Crippen molar-refractivity contribution in [3.05, 3.63) is 0 Å². The van der Waals surface area contributed by atoms with Gasteiger partial charge in [-0.25, -0.2) is 9.59 Å². The molecule has 0 aromatic heterocycles. The first-order valence-electron chi connectivity index (χ1n) is 16.4.